The smallest absolute Gasteiger partial charge is 0.0965 e. The van der Waals surface area contributed by atoms with Crippen molar-refractivity contribution < 1.29 is 0 Å². The van der Waals surface area contributed by atoms with Gasteiger partial charge in [0.1, 0.15) is 0 Å². The monoisotopic (exact) mass is 238 g/mol. The third-order valence-electron chi connectivity index (χ3n) is 3.49. The predicted octanol–water partition coefficient (Wildman–Crippen LogP) is 2.70. The molecule has 0 aliphatic heterocycles. The molecule has 0 aliphatic rings. The van der Waals surface area contributed by atoms with Gasteiger partial charge < -0.3 is 5.32 Å². The van der Waals surface area contributed by atoms with E-state index in [2.05, 4.69) is 57.2 Å². The summed E-state index contributed by atoms with van der Waals surface area (Å²) in [6, 6.07) is 0. The van der Waals surface area contributed by atoms with Crippen molar-refractivity contribution in [3.63, 3.8) is 0 Å². The van der Waals surface area contributed by atoms with Crippen LogP contribution in [-0.2, 0) is 12.1 Å². The quantitative estimate of drug-likeness (QED) is 0.857. The van der Waals surface area contributed by atoms with Crippen LogP contribution >= 0.6 is 0 Å². The summed E-state index contributed by atoms with van der Waals surface area (Å²) in [4.78, 5) is 0. The fourth-order valence-corrected chi connectivity index (χ4v) is 1.51. The Labute approximate surface area is 105 Å². The third kappa shape index (κ3) is 3.80. The van der Waals surface area contributed by atoms with Crippen molar-refractivity contribution in [2.24, 2.45) is 0 Å². The summed E-state index contributed by atoms with van der Waals surface area (Å²) in [6.07, 6.45) is 4.27. The minimum Gasteiger partial charge on any atom is -0.306 e. The van der Waals surface area contributed by atoms with Gasteiger partial charge >= 0.3 is 0 Å². The summed E-state index contributed by atoms with van der Waals surface area (Å²) in [5.41, 5.74) is 1.21. The van der Waals surface area contributed by atoms with Crippen LogP contribution in [0.2, 0.25) is 0 Å². The zero-order valence-electron chi connectivity index (χ0n) is 12.0. The molecule has 0 saturated carbocycles. The summed E-state index contributed by atoms with van der Waals surface area (Å²) in [6.45, 7) is 13.8. The molecule has 0 saturated heterocycles. The number of nitrogens with one attached hydrogen (secondary N) is 1. The Morgan fingerprint density at radius 1 is 1.18 bits per heavy atom. The number of hydrogen-bond acceptors (Lipinski definition) is 3. The Hall–Kier alpha value is -0.900. The van der Waals surface area contributed by atoms with Crippen LogP contribution in [0.4, 0.5) is 0 Å². The topological polar surface area (TPSA) is 42.7 Å². The van der Waals surface area contributed by atoms with E-state index in [0.717, 1.165) is 25.1 Å². The summed E-state index contributed by atoms with van der Waals surface area (Å²) in [5, 5.41) is 11.9. The molecule has 1 heterocycles. The number of nitrogens with zero attached hydrogens (tertiary/aromatic N) is 3. The van der Waals surface area contributed by atoms with E-state index in [9.17, 15) is 0 Å². The van der Waals surface area contributed by atoms with E-state index in [1.165, 1.54) is 0 Å². The molecular weight excluding hydrogens is 212 g/mol. The van der Waals surface area contributed by atoms with Crippen molar-refractivity contribution in [3.8, 4) is 0 Å². The summed E-state index contributed by atoms with van der Waals surface area (Å²) < 4.78 is 1.92. The number of hydrogen-bond donors (Lipinski definition) is 1. The van der Waals surface area contributed by atoms with Gasteiger partial charge in [-0.25, -0.2) is 4.68 Å². The van der Waals surface area contributed by atoms with Crippen LogP contribution in [0.3, 0.4) is 0 Å². The Morgan fingerprint density at radius 2 is 1.76 bits per heavy atom. The maximum atomic E-state index is 4.20. The first-order chi connectivity index (χ1) is 7.80. The molecule has 0 amide bonds. The zero-order valence-corrected chi connectivity index (χ0v) is 12.0. The average Bonchev–Trinajstić information content (AvgIpc) is 2.74. The van der Waals surface area contributed by atoms with Crippen molar-refractivity contribution in [3.05, 3.63) is 11.9 Å². The fraction of sp³-hybridized carbons (Fsp3) is 0.846. The summed E-state index contributed by atoms with van der Waals surface area (Å²) in [7, 11) is 0. The molecule has 1 rings (SSSR count). The highest BCUT2D eigenvalue weighted by Gasteiger charge is 2.20. The van der Waals surface area contributed by atoms with Crippen LogP contribution in [0.25, 0.3) is 0 Å². The predicted molar refractivity (Wildman–Crippen MR) is 70.8 cm³/mol. The van der Waals surface area contributed by atoms with Crippen molar-refractivity contribution in [1.82, 2.24) is 20.3 Å². The van der Waals surface area contributed by atoms with E-state index in [0.29, 0.717) is 0 Å². The zero-order chi connectivity index (χ0) is 13.1. The van der Waals surface area contributed by atoms with Gasteiger partial charge in [0, 0.05) is 12.1 Å². The molecule has 0 unspecified atom stereocenters. The first-order valence-electron chi connectivity index (χ1n) is 6.47. The standard InChI is InChI=1S/C13H26N4/c1-7-13(6,8-2)14-9-11-10-17(16-15-11)12(3,4)5/h10,14H,7-9H2,1-6H3. The lowest BCUT2D eigenvalue weighted by molar-refractivity contribution is 0.327. The van der Waals surface area contributed by atoms with Gasteiger partial charge in [-0.2, -0.15) is 0 Å². The maximum absolute atomic E-state index is 4.20. The molecule has 0 aliphatic carbocycles. The van der Waals surface area contributed by atoms with Gasteiger partial charge in [-0.3, -0.25) is 0 Å². The molecule has 4 heteroatoms. The average molecular weight is 238 g/mol. The van der Waals surface area contributed by atoms with E-state index in [1.54, 1.807) is 0 Å². The third-order valence-corrected chi connectivity index (χ3v) is 3.49. The van der Waals surface area contributed by atoms with Crippen LogP contribution in [0, 0.1) is 0 Å². The molecule has 1 aromatic heterocycles. The Balaban J connectivity index is 2.62. The minimum atomic E-state index is 0.00403. The van der Waals surface area contributed by atoms with Crippen LogP contribution in [0.5, 0.6) is 0 Å². The molecule has 0 bridgehead atoms. The summed E-state index contributed by atoms with van der Waals surface area (Å²) in [5.74, 6) is 0. The number of rotatable bonds is 5. The van der Waals surface area contributed by atoms with E-state index in [-0.39, 0.29) is 11.1 Å². The SMILES string of the molecule is CCC(C)(CC)NCc1cn(C(C)(C)C)nn1. The van der Waals surface area contributed by atoms with Gasteiger partial charge in [0.25, 0.3) is 0 Å². The second kappa shape index (κ2) is 5.17. The molecule has 1 N–H and O–H groups in total. The molecule has 0 fully saturated rings. The second-order valence-electron chi connectivity index (χ2n) is 5.95. The first-order valence-corrected chi connectivity index (χ1v) is 6.47. The lowest BCUT2D eigenvalue weighted by Crippen LogP contribution is -2.40. The first kappa shape index (κ1) is 14.2. The molecule has 17 heavy (non-hydrogen) atoms. The van der Waals surface area contributed by atoms with Gasteiger partial charge in [-0.1, -0.05) is 19.1 Å². The maximum Gasteiger partial charge on any atom is 0.0965 e. The normalized spacial score (nSPS) is 13.1. The van der Waals surface area contributed by atoms with E-state index in [1.807, 2.05) is 10.9 Å². The van der Waals surface area contributed by atoms with E-state index >= 15 is 0 Å². The van der Waals surface area contributed by atoms with E-state index in [4.69, 9.17) is 0 Å². The van der Waals surface area contributed by atoms with Gasteiger partial charge in [0.05, 0.1) is 17.4 Å². The van der Waals surface area contributed by atoms with Gasteiger partial charge in [-0.05, 0) is 40.5 Å². The lowest BCUT2D eigenvalue weighted by Gasteiger charge is -2.27. The van der Waals surface area contributed by atoms with Crippen molar-refractivity contribution in [2.75, 3.05) is 0 Å². The largest absolute Gasteiger partial charge is 0.306 e. The molecule has 0 aromatic carbocycles. The highest BCUT2D eigenvalue weighted by molar-refractivity contribution is 4.96. The van der Waals surface area contributed by atoms with E-state index < -0.39 is 0 Å². The Bertz CT molecular complexity index is 345. The summed E-state index contributed by atoms with van der Waals surface area (Å²) >= 11 is 0. The van der Waals surface area contributed by atoms with Crippen LogP contribution < -0.4 is 5.32 Å². The van der Waals surface area contributed by atoms with Crippen LogP contribution in [0.15, 0.2) is 6.20 Å². The van der Waals surface area contributed by atoms with Crippen molar-refractivity contribution in [2.45, 2.75) is 72.0 Å². The molecule has 0 atom stereocenters. The highest BCUT2D eigenvalue weighted by atomic mass is 15.4. The van der Waals surface area contributed by atoms with Gasteiger partial charge in [0.2, 0.25) is 0 Å². The highest BCUT2D eigenvalue weighted by Crippen LogP contribution is 2.15. The lowest BCUT2D eigenvalue weighted by atomic mass is 9.95. The molecule has 98 valence electrons. The molecule has 0 spiro atoms. The molecular formula is C13H26N4. The fourth-order valence-electron chi connectivity index (χ4n) is 1.51. The van der Waals surface area contributed by atoms with Gasteiger partial charge in [0.15, 0.2) is 0 Å². The van der Waals surface area contributed by atoms with Crippen LogP contribution in [-0.4, -0.2) is 20.5 Å². The number of aromatic nitrogens is 3. The molecule has 1 aromatic rings. The van der Waals surface area contributed by atoms with Crippen LogP contribution in [0.1, 0.15) is 60.1 Å². The Kier molecular flexibility index (Phi) is 4.31. The minimum absolute atomic E-state index is 0.00403. The molecule has 0 radical (unpaired) electrons. The molecule has 4 nitrogen and oxygen atoms in total. The van der Waals surface area contributed by atoms with Crippen molar-refractivity contribution in [1.29, 1.82) is 0 Å². The van der Waals surface area contributed by atoms with Gasteiger partial charge in [-0.15, -0.1) is 5.10 Å². The van der Waals surface area contributed by atoms with Crippen molar-refractivity contribution >= 4 is 0 Å². The Morgan fingerprint density at radius 3 is 2.18 bits per heavy atom. The second-order valence-corrected chi connectivity index (χ2v) is 5.95.